The molecule has 4 N–H and O–H groups in total. The maximum atomic E-state index is 10.8. The molecule has 1 aromatic heterocycles. The zero-order chi connectivity index (χ0) is 16.1. The molecule has 1 aliphatic rings. The molecular weight excluding hydrogens is 286 g/mol. The van der Waals surface area contributed by atoms with Gasteiger partial charge >= 0.3 is 5.91 Å². The van der Waals surface area contributed by atoms with E-state index in [4.69, 9.17) is 0 Å². The van der Waals surface area contributed by atoms with Crippen LogP contribution >= 0.6 is 0 Å². The Bertz CT molecular complexity index is 662. The first-order valence-corrected chi connectivity index (χ1v) is 8.89. The van der Waals surface area contributed by atoms with E-state index in [9.17, 15) is 4.79 Å². The molecule has 2 heterocycles. The summed E-state index contributed by atoms with van der Waals surface area (Å²) in [5.74, 6) is 0.0763. The lowest BCUT2D eigenvalue weighted by molar-refractivity contribution is -0.305. The van der Waals surface area contributed by atoms with E-state index in [2.05, 4.69) is 39.9 Å². The molecule has 0 saturated heterocycles. The number of nitrogens with zero attached hydrogens (tertiary/aromatic N) is 1. The van der Waals surface area contributed by atoms with Gasteiger partial charge in [0.2, 0.25) is 0 Å². The van der Waals surface area contributed by atoms with Gasteiger partial charge < -0.3 is 4.98 Å². The second-order valence-corrected chi connectivity index (χ2v) is 6.71. The zero-order valence-corrected chi connectivity index (χ0v) is 13.9. The third-order valence-corrected chi connectivity index (χ3v) is 4.89. The predicted octanol–water partition coefficient (Wildman–Crippen LogP) is 2.64. The van der Waals surface area contributed by atoms with E-state index in [1.54, 1.807) is 0 Å². The summed E-state index contributed by atoms with van der Waals surface area (Å²) in [6.45, 7) is 3.41. The quantitative estimate of drug-likeness (QED) is 0.736. The average Bonchev–Trinajstić information content (AvgIpc) is 2.91. The van der Waals surface area contributed by atoms with Crippen LogP contribution in [0.15, 0.2) is 24.3 Å². The summed E-state index contributed by atoms with van der Waals surface area (Å²) >= 11 is 0. The number of hydrogen-bond acceptors (Lipinski definition) is 2. The Morgan fingerprint density at radius 3 is 2.78 bits per heavy atom. The van der Waals surface area contributed by atoms with Crippen molar-refractivity contribution in [2.45, 2.75) is 51.5 Å². The molecule has 4 nitrogen and oxygen atoms in total. The summed E-state index contributed by atoms with van der Waals surface area (Å²) in [5.41, 5.74) is 7.63. The normalized spacial score (nSPS) is 15.0. The highest BCUT2D eigenvalue weighted by Crippen LogP contribution is 2.27. The van der Waals surface area contributed by atoms with E-state index in [0.717, 1.165) is 25.8 Å². The first kappa shape index (κ1) is 16.2. The Morgan fingerprint density at radius 2 is 1.91 bits per heavy atom. The number of para-hydroxylation sites is 1. The van der Waals surface area contributed by atoms with Gasteiger partial charge in [-0.3, -0.25) is 10.6 Å². The molecule has 2 aromatic rings. The summed E-state index contributed by atoms with van der Waals surface area (Å²) in [7, 11) is 0. The van der Waals surface area contributed by atoms with Gasteiger partial charge in [0.15, 0.2) is 0 Å². The van der Waals surface area contributed by atoms with Crippen LogP contribution < -0.4 is 5.73 Å². The number of H-pyrrole nitrogens is 1. The minimum atomic E-state index is 0.0763. The molecule has 1 amide bonds. The van der Waals surface area contributed by atoms with Gasteiger partial charge in [-0.1, -0.05) is 37.5 Å². The molecule has 3 rings (SSSR count). The van der Waals surface area contributed by atoms with Crippen molar-refractivity contribution in [3.63, 3.8) is 0 Å². The van der Waals surface area contributed by atoms with Gasteiger partial charge in [-0.15, -0.1) is 0 Å². The van der Waals surface area contributed by atoms with Gasteiger partial charge in [-0.25, -0.2) is 4.79 Å². The monoisotopic (exact) mass is 314 g/mol. The third-order valence-electron chi connectivity index (χ3n) is 4.89. The van der Waals surface area contributed by atoms with Crippen molar-refractivity contribution < 1.29 is 10.5 Å². The van der Waals surface area contributed by atoms with Crippen LogP contribution in [0.25, 0.3) is 10.9 Å². The van der Waals surface area contributed by atoms with Crippen LogP contribution in [0.3, 0.4) is 0 Å². The highest BCUT2D eigenvalue weighted by atomic mass is 16.1. The number of quaternary nitrogens is 1. The van der Waals surface area contributed by atoms with E-state index in [1.807, 2.05) is 0 Å². The average molecular weight is 314 g/mol. The Labute approximate surface area is 138 Å². The lowest BCUT2D eigenvalue weighted by Gasteiger charge is -2.26. The molecule has 0 fully saturated rings. The van der Waals surface area contributed by atoms with Crippen molar-refractivity contribution in [3.05, 3.63) is 35.5 Å². The molecule has 0 atom stereocenters. The van der Waals surface area contributed by atoms with Crippen molar-refractivity contribution in [3.8, 4) is 0 Å². The third kappa shape index (κ3) is 4.21. The van der Waals surface area contributed by atoms with Crippen LogP contribution in [0.1, 0.15) is 49.8 Å². The number of carbonyl (C=O) groups excluding carboxylic acids is 1. The molecule has 23 heavy (non-hydrogen) atoms. The lowest BCUT2D eigenvalue weighted by atomic mass is 10.0. The van der Waals surface area contributed by atoms with Crippen LogP contribution in [0, 0.1) is 0 Å². The fourth-order valence-corrected chi connectivity index (χ4v) is 3.63. The highest BCUT2D eigenvalue weighted by Gasteiger charge is 2.19. The maximum Gasteiger partial charge on any atom is 0.308 e. The Hall–Kier alpha value is -1.65. The molecule has 1 aromatic carbocycles. The van der Waals surface area contributed by atoms with Crippen LogP contribution in [0.5, 0.6) is 0 Å². The second-order valence-electron chi connectivity index (χ2n) is 6.71. The molecule has 124 valence electrons. The molecule has 0 saturated carbocycles. The van der Waals surface area contributed by atoms with Crippen molar-refractivity contribution in [1.82, 2.24) is 9.88 Å². The molecule has 0 bridgehead atoms. The van der Waals surface area contributed by atoms with Gasteiger partial charge in [-0.2, -0.15) is 0 Å². The summed E-state index contributed by atoms with van der Waals surface area (Å²) in [6, 6.07) is 8.64. The number of carbonyl (C=O) groups is 1. The smallest absolute Gasteiger partial charge is 0.308 e. The van der Waals surface area contributed by atoms with Gasteiger partial charge in [0, 0.05) is 29.7 Å². The first-order valence-electron chi connectivity index (χ1n) is 8.89. The summed E-state index contributed by atoms with van der Waals surface area (Å²) in [6.07, 6.45) is 7.73. The second kappa shape index (κ2) is 7.75. The van der Waals surface area contributed by atoms with Crippen molar-refractivity contribution in [2.24, 2.45) is 0 Å². The zero-order valence-electron chi connectivity index (χ0n) is 13.9. The first-order chi connectivity index (χ1) is 11.2. The number of benzene rings is 1. The van der Waals surface area contributed by atoms with Crippen LogP contribution in [0.4, 0.5) is 0 Å². The number of amides is 1. The molecule has 0 spiro atoms. The fraction of sp³-hybridized carbons (Fsp3) is 0.526. The van der Waals surface area contributed by atoms with Crippen molar-refractivity contribution in [2.75, 3.05) is 13.1 Å². The van der Waals surface area contributed by atoms with E-state index in [-0.39, 0.29) is 5.91 Å². The molecule has 1 aliphatic heterocycles. The summed E-state index contributed by atoms with van der Waals surface area (Å²) < 4.78 is 0. The minimum absolute atomic E-state index is 0.0763. The van der Waals surface area contributed by atoms with E-state index in [1.165, 1.54) is 54.5 Å². The number of aromatic amines is 1. The Morgan fingerprint density at radius 1 is 1.13 bits per heavy atom. The fourth-order valence-electron chi connectivity index (χ4n) is 3.63. The van der Waals surface area contributed by atoms with Crippen molar-refractivity contribution >= 4 is 16.8 Å². The standard InChI is InChI=1S/C19H27N3O/c20-19(23)10-4-2-1-3-7-12-22-13-11-16-15-8-5-6-9-17(15)21-18(16)14-22/h5-6,8-9,21H,1-4,7,10-14H2,(H2,20,23)/p+1. The molecular formula is C19H28N3O+. The van der Waals surface area contributed by atoms with Gasteiger partial charge in [0.05, 0.1) is 6.42 Å². The molecule has 0 aliphatic carbocycles. The lowest BCUT2D eigenvalue weighted by Crippen LogP contribution is -2.56. The molecule has 4 heteroatoms. The number of aromatic nitrogens is 1. The van der Waals surface area contributed by atoms with E-state index < -0.39 is 0 Å². The van der Waals surface area contributed by atoms with Crippen LogP contribution in [-0.2, 0) is 17.8 Å². The van der Waals surface area contributed by atoms with Crippen LogP contribution in [-0.4, -0.2) is 28.9 Å². The van der Waals surface area contributed by atoms with Crippen LogP contribution in [0.2, 0.25) is 0 Å². The summed E-state index contributed by atoms with van der Waals surface area (Å²) in [5, 5.41) is 1.40. The summed E-state index contributed by atoms with van der Waals surface area (Å²) in [4.78, 5) is 16.9. The predicted molar refractivity (Wildman–Crippen MR) is 92.9 cm³/mol. The van der Waals surface area contributed by atoms with Gasteiger partial charge in [0.25, 0.3) is 0 Å². The maximum absolute atomic E-state index is 10.8. The molecule has 0 unspecified atom stereocenters. The Balaban J connectivity index is 1.41. The number of nitrogens with one attached hydrogen (secondary N) is 1. The molecule has 0 radical (unpaired) electrons. The highest BCUT2D eigenvalue weighted by molar-refractivity contribution is 5.84. The van der Waals surface area contributed by atoms with Crippen molar-refractivity contribution in [1.29, 1.82) is 0 Å². The minimum Gasteiger partial charge on any atom is -0.357 e. The largest absolute Gasteiger partial charge is 0.357 e. The SMILES string of the molecule is [NH3+]C(=O)CCCCCCCN1CCc2c([nH]c3ccccc23)C1. The van der Waals surface area contributed by atoms with E-state index >= 15 is 0 Å². The number of rotatable bonds is 8. The number of fused-ring (bicyclic) bond motifs is 3. The Kier molecular flexibility index (Phi) is 5.47. The van der Waals surface area contributed by atoms with E-state index in [0.29, 0.717) is 6.42 Å². The van der Waals surface area contributed by atoms with Gasteiger partial charge in [-0.05, 0) is 37.4 Å². The number of hydrogen-bond donors (Lipinski definition) is 2. The van der Waals surface area contributed by atoms with Gasteiger partial charge in [0.1, 0.15) is 0 Å². The topological polar surface area (TPSA) is 63.7 Å². The number of unbranched alkanes of at least 4 members (excludes halogenated alkanes) is 4.